The maximum absolute atomic E-state index is 15.7. The molecule has 0 aliphatic carbocycles. The fourth-order valence-electron chi connectivity index (χ4n) is 8.27. The number of ether oxygens (including phenoxy) is 1. The Bertz CT molecular complexity index is 2150. The number of aromatic amines is 2. The van der Waals surface area contributed by atoms with Crippen molar-refractivity contribution in [2.75, 3.05) is 33.3 Å². The lowest BCUT2D eigenvalue weighted by Gasteiger charge is -2.34. The molecule has 0 radical (unpaired) electrons. The Kier molecular flexibility index (Phi) is 11.8. The monoisotopic (exact) mass is 759 g/mol. The number of hydrogen-bond acceptors (Lipinski definition) is 7. The van der Waals surface area contributed by atoms with Crippen molar-refractivity contribution in [3.05, 3.63) is 108 Å². The fraction of sp³-hybridized carbons (Fsp3) is 0.386. The highest BCUT2D eigenvalue weighted by molar-refractivity contribution is 5.85. The van der Waals surface area contributed by atoms with Crippen molar-refractivity contribution in [1.82, 2.24) is 34.6 Å². The number of aromatic nitrogens is 4. The molecule has 0 saturated carbocycles. The minimum absolute atomic E-state index is 0.0165. The van der Waals surface area contributed by atoms with Gasteiger partial charge in [0.1, 0.15) is 23.5 Å². The van der Waals surface area contributed by atoms with Crippen molar-refractivity contribution in [2.45, 2.75) is 71.0 Å². The molecule has 0 spiro atoms. The highest BCUT2D eigenvalue weighted by Gasteiger charge is 2.38. The maximum Gasteiger partial charge on any atom is 0.306 e. The summed E-state index contributed by atoms with van der Waals surface area (Å²) < 4.78 is 20.4. The van der Waals surface area contributed by atoms with Gasteiger partial charge >= 0.3 is 5.97 Å². The Labute approximate surface area is 327 Å². The van der Waals surface area contributed by atoms with Gasteiger partial charge in [0, 0.05) is 24.6 Å². The minimum Gasteiger partial charge on any atom is -0.469 e. The van der Waals surface area contributed by atoms with Gasteiger partial charge in [0.2, 0.25) is 11.8 Å². The molecule has 292 valence electrons. The maximum atomic E-state index is 15.7. The van der Waals surface area contributed by atoms with Crippen molar-refractivity contribution in [2.24, 2.45) is 5.92 Å². The number of imidazole rings is 2. The molecule has 2 aromatic heterocycles. The van der Waals surface area contributed by atoms with Gasteiger partial charge in [0.15, 0.2) is 0 Å². The lowest BCUT2D eigenvalue weighted by molar-refractivity contribution is -0.146. The molecule has 5 aromatic rings. The van der Waals surface area contributed by atoms with Crippen molar-refractivity contribution in [3.8, 4) is 33.6 Å². The number of hydrogen-bond donors (Lipinski definition) is 2. The molecule has 2 saturated heterocycles. The average molecular weight is 760 g/mol. The van der Waals surface area contributed by atoms with Gasteiger partial charge < -0.3 is 24.5 Å². The molecule has 2 aliphatic rings. The first-order valence-electron chi connectivity index (χ1n) is 19.7. The van der Waals surface area contributed by atoms with E-state index in [9.17, 15) is 14.4 Å². The number of carbonyl (C=O) groups excluding carboxylic acids is 3. The zero-order chi connectivity index (χ0) is 39.3. The van der Waals surface area contributed by atoms with Gasteiger partial charge in [-0.2, -0.15) is 0 Å². The number of halogens is 1. The van der Waals surface area contributed by atoms with Gasteiger partial charge in [0.25, 0.3) is 0 Å². The first-order valence-corrected chi connectivity index (χ1v) is 19.7. The van der Waals surface area contributed by atoms with E-state index in [-0.39, 0.29) is 36.4 Å². The molecule has 4 atom stereocenters. The molecule has 0 bridgehead atoms. The number of likely N-dealkylation sites (N-methyl/N-ethyl adjacent to an activating group) is 1. The minimum atomic E-state index is -0.509. The number of benzene rings is 3. The molecule has 4 heterocycles. The highest BCUT2D eigenvalue weighted by Crippen LogP contribution is 2.37. The molecule has 56 heavy (non-hydrogen) atoms. The predicted octanol–water partition coefficient (Wildman–Crippen LogP) is 7.88. The summed E-state index contributed by atoms with van der Waals surface area (Å²) in [5.41, 5.74) is 5.31. The molecule has 2 amide bonds. The Balaban J connectivity index is 1.03. The zero-order valence-electron chi connectivity index (χ0n) is 32.5. The number of methoxy groups -OCH3 is 1. The number of nitrogens with one attached hydrogen (secondary N) is 2. The molecule has 2 fully saturated rings. The van der Waals surface area contributed by atoms with Gasteiger partial charge in [-0.15, -0.1) is 0 Å². The summed E-state index contributed by atoms with van der Waals surface area (Å²) in [5, 5.41) is 0. The number of H-pyrrole nitrogens is 2. The molecule has 2 aliphatic heterocycles. The quantitative estimate of drug-likeness (QED) is 0.117. The van der Waals surface area contributed by atoms with E-state index in [0.717, 1.165) is 72.5 Å². The van der Waals surface area contributed by atoms with Crippen LogP contribution >= 0.6 is 0 Å². The summed E-state index contributed by atoms with van der Waals surface area (Å²) in [6.45, 7) is 8.72. The van der Waals surface area contributed by atoms with Gasteiger partial charge in [0.05, 0.1) is 49.4 Å². The number of esters is 1. The van der Waals surface area contributed by atoms with E-state index in [1.54, 1.807) is 24.1 Å². The van der Waals surface area contributed by atoms with Crippen molar-refractivity contribution >= 4 is 17.8 Å². The molecule has 12 heteroatoms. The van der Waals surface area contributed by atoms with E-state index in [1.807, 2.05) is 71.8 Å². The summed E-state index contributed by atoms with van der Waals surface area (Å²) >= 11 is 0. The molecular formula is C44H50FN7O4. The van der Waals surface area contributed by atoms with Crippen LogP contribution in [0, 0.1) is 11.7 Å². The predicted molar refractivity (Wildman–Crippen MR) is 212 cm³/mol. The van der Waals surface area contributed by atoms with Gasteiger partial charge in [-0.05, 0) is 73.2 Å². The average Bonchev–Trinajstić information content (AvgIpc) is 4.07. The standard InChI is InChI=1S/C44H50FN7O4/c1-5-50(6-2)40(31-12-8-7-9-13-31)44(55)52-23-11-15-38(52)41-46-26-35(48-41)30-18-16-29(17-19-30)32-20-21-33(34(45)25-32)36-27-47-42(49-36)37-14-10-22-51(37)43(54)28(3)24-39(53)56-4/h7-9,12-13,16-21,25-28,37-38,40H,5-6,10-11,14-15,22-24H2,1-4H3,(H,46,48)(H,47,49)/t28-,37+,38+,40-/m1/s1. The Hall–Kier alpha value is -5.62. The fourth-order valence-corrected chi connectivity index (χ4v) is 8.27. The number of likely N-dealkylation sites (tertiary alicyclic amines) is 2. The molecule has 3 aromatic carbocycles. The van der Waals surface area contributed by atoms with Crippen LogP contribution in [0.4, 0.5) is 4.39 Å². The summed E-state index contributed by atoms with van der Waals surface area (Å²) in [5.74, 6) is 0.0323. The third kappa shape index (κ3) is 7.88. The number of nitrogens with zero attached hydrogens (tertiary/aromatic N) is 5. The Morgan fingerprint density at radius 3 is 1.98 bits per heavy atom. The Morgan fingerprint density at radius 1 is 0.804 bits per heavy atom. The van der Waals surface area contributed by atoms with E-state index < -0.39 is 17.7 Å². The van der Waals surface area contributed by atoms with Gasteiger partial charge in [-0.3, -0.25) is 19.3 Å². The Morgan fingerprint density at radius 2 is 1.38 bits per heavy atom. The first kappa shape index (κ1) is 38.6. The SMILES string of the molecule is CCN(CC)[C@@H](C(=O)N1CCC[C@H]1c1ncc(-c2ccc(-c3ccc(-c4cnc([C@@H]5CCCN5C(=O)[C@H](C)CC(=O)OC)[nH]4)c(F)c3)cc2)[nH]1)c1ccccc1. The third-order valence-electron chi connectivity index (χ3n) is 11.3. The zero-order valence-corrected chi connectivity index (χ0v) is 32.5. The van der Waals surface area contributed by atoms with Crippen LogP contribution in [0.3, 0.4) is 0 Å². The smallest absolute Gasteiger partial charge is 0.306 e. The number of amides is 2. The van der Waals surface area contributed by atoms with E-state index >= 15 is 4.39 Å². The van der Waals surface area contributed by atoms with Crippen molar-refractivity contribution < 1.29 is 23.5 Å². The lowest BCUT2D eigenvalue weighted by Crippen LogP contribution is -2.43. The van der Waals surface area contributed by atoms with Crippen LogP contribution in [0.15, 0.2) is 85.2 Å². The second-order valence-corrected chi connectivity index (χ2v) is 14.7. The van der Waals surface area contributed by atoms with Crippen molar-refractivity contribution in [1.29, 1.82) is 0 Å². The highest BCUT2D eigenvalue weighted by atomic mass is 19.1. The second-order valence-electron chi connectivity index (χ2n) is 14.7. The molecule has 2 N–H and O–H groups in total. The summed E-state index contributed by atoms with van der Waals surface area (Å²) in [6.07, 6.45) is 6.74. The largest absolute Gasteiger partial charge is 0.469 e. The third-order valence-corrected chi connectivity index (χ3v) is 11.3. The van der Waals surface area contributed by atoms with Crippen LogP contribution in [-0.4, -0.2) is 85.7 Å². The van der Waals surface area contributed by atoms with Crippen LogP contribution in [-0.2, 0) is 19.1 Å². The van der Waals surface area contributed by atoms with Crippen LogP contribution in [0.25, 0.3) is 33.6 Å². The van der Waals surface area contributed by atoms with E-state index in [2.05, 4.69) is 33.7 Å². The summed E-state index contributed by atoms with van der Waals surface area (Å²) in [7, 11) is 1.31. The lowest BCUT2D eigenvalue weighted by atomic mass is 10.0. The van der Waals surface area contributed by atoms with E-state index in [0.29, 0.717) is 30.2 Å². The number of carbonyl (C=O) groups is 3. The van der Waals surface area contributed by atoms with Crippen molar-refractivity contribution in [3.63, 3.8) is 0 Å². The van der Waals surface area contributed by atoms with Gasteiger partial charge in [-0.25, -0.2) is 14.4 Å². The van der Waals surface area contributed by atoms with E-state index in [4.69, 9.17) is 9.72 Å². The molecule has 11 nitrogen and oxygen atoms in total. The number of rotatable bonds is 13. The molecule has 7 rings (SSSR count). The summed E-state index contributed by atoms with van der Waals surface area (Å²) in [4.78, 5) is 61.1. The molecular weight excluding hydrogens is 710 g/mol. The van der Waals surface area contributed by atoms with Crippen LogP contribution < -0.4 is 0 Å². The van der Waals surface area contributed by atoms with Crippen LogP contribution in [0.5, 0.6) is 0 Å². The summed E-state index contributed by atoms with van der Waals surface area (Å²) in [6, 6.07) is 22.3. The topological polar surface area (TPSA) is 128 Å². The molecule has 0 unspecified atom stereocenters. The van der Waals surface area contributed by atoms with E-state index in [1.165, 1.54) is 13.2 Å². The van der Waals surface area contributed by atoms with Gasteiger partial charge in [-0.1, -0.05) is 81.4 Å². The van der Waals surface area contributed by atoms with Crippen LogP contribution in [0.2, 0.25) is 0 Å². The van der Waals surface area contributed by atoms with Crippen LogP contribution in [0.1, 0.15) is 88.2 Å². The first-order chi connectivity index (χ1) is 27.2. The normalized spacial score (nSPS) is 18.0. The second kappa shape index (κ2) is 17.0.